The summed E-state index contributed by atoms with van der Waals surface area (Å²) in [6.07, 6.45) is 0. The van der Waals surface area contributed by atoms with Crippen LogP contribution in [0.1, 0.15) is 25.0 Å². The Morgan fingerprint density at radius 2 is 1.67 bits per heavy atom. The van der Waals surface area contributed by atoms with E-state index < -0.39 is 0 Å². The summed E-state index contributed by atoms with van der Waals surface area (Å²) in [5.41, 5.74) is 7.32. The van der Waals surface area contributed by atoms with Crippen LogP contribution in [0.5, 0.6) is 5.75 Å². The van der Waals surface area contributed by atoms with Crippen LogP contribution in [-0.4, -0.2) is 22.5 Å². The van der Waals surface area contributed by atoms with Crippen LogP contribution in [0.25, 0.3) is 38.9 Å². The summed E-state index contributed by atoms with van der Waals surface area (Å²) < 4.78 is 2.11. The maximum Gasteiger partial charge on any atom is 0.138 e. The van der Waals surface area contributed by atoms with Gasteiger partial charge in [0, 0.05) is 27.8 Å². The molecule has 0 atom stereocenters. The molecule has 4 heteroatoms. The number of phenolic OH excluding ortho intramolecular Hbond substituents is 1. The molecule has 0 fully saturated rings. The second-order valence-electron chi connectivity index (χ2n) is 8.55. The molecular formula is C26H19BN2O. The number of nitrogens with zero attached hydrogens (tertiary/aromatic N) is 2. The molecule has 1 aliphatic carbocycles. The van der Waals surface area contributed by atoms with Crippen LogP contribution in [0.3, 0.4) is 0 Å². The standard InChI is InChI=1S/C26H19BN2O/c1-26(2)20-6-4-3-5-18(20)25-21(26)10-12-24(28-25)29-22-11-7-15(27)13-19(22)17-9-8-16(30)14-23(17)29/h3-14,30H,1-2H3. The van der Waals surface area contributed by atoms with Crippen LogP contribution in [-0.2, 0) is 5.41 Å². The van der Waals surface area contributed by atoms with Crippen LogP contribution in [0.15, 0.2) is 72.8 Å². The number of aromatic hydroxyl groups is 1. The fourth-order valence-corrected chi connectivity index (χ4v) is 4.94. The summed E-state index contributed by atoms with van der Waals surface area (Å²) in [5.74, 6) is 1.06. The first-order chi connectivity index (χ1) is 14.4. The molecule has 0 amide bonds. The first kappa shape index (κ1) is 17.3. The largest absolute Gasteiger partial charge is 0.508 e. The van der Waals surface area contributed by atoms with Crippen LogP contribution in [0.2, 0.25) is 0 Å². The van der Waals surface area contributed by atoms with E-state index in [-0.39, 0.29) is 11.2 Å². The van der Waals surface area contributed by atoms with Crippen molar-refractivity contribution in [1.82, 2.24) is 9.55 Å². The lowest BCUT2D eigenvalue weighted by Crippen LogP contribution is -2.15. The molecule has 0 spiro atoms. The summed E-state index contributed by atoms with van der Waals surface area (Å²) in [6.45, 7) is 4.50. The predicted molar refractivity (Wildman–Crippen MR) is 123 cm³/mol. The Balaban J connectivity index is 1.70. The summed E-state index contributed by atoms with van der Waals surface area (Å²) in [6, 6.07) is 24.1. The molecule has 142 valence electrons. The van der Waals surface area contributed by atoms with Gasteiger partial charge in [0.05, 0.1) is 16.7 Å². The fraction of sp³-hybridized carbons (Fsp3) is 0.115. The van der Waals surface area contributed by atoms with Crippen molar-refractivity contribution in [2.75, 3.05) is 0 Å². The van der Waals surface area contributed by atoms with Gasteiger partial charge in [0.15, 0.2) is 0 Å². The molecule has 0 saturated carbocycles. The zero-order chi connectivity index (χ0) is 20.6. The van der Waals surface area contributed by atoms with Crippen molar-refractivity contribution < 1.29 is 5.11 Å². The zero-order valence-electron chi connectivity index (χ0n) is 16.8. The van der Waals surface area contributed by atoms with Gasteiger partial charge in [-0.25, -0.2) is 4.98 Å². The predicted octanol–water partition coefficient (Wildman–Crippen LogP) is 4.98. The third kappa shape index (κ3) is 2.19. The van der Waals surface area contributed by atoms with E-state index in [1.165, 1.54) is 16.7 Å². The van der Waals surface area contributed by atoms with Crippen molar-refractivity contribution >= 4 is 35.1 Å². The molecule has 2 heterocycles. The van der Waals surface area contributed by atoms with E-state index in [2.05, 4.69) is 54.8 Å². The third-order valence-corrected chi connectivity index (χ3v) is 6.41. The van der Waals surface area contributed by atoms with Crippen molar-refractivity contribution in [3.63, 3.8) is 0 Å². The number of hydrogen-bond donors (Lipinski definition) is 1. The minimum atomic E-state index is -0.0784. The van der Waals surface area contributed by atoms with Gasteiger partial charge in [-0.05, 0) is 35.4 Å². The maximum atomic E-state index is 10.2. The zero-order valence-corrected chi connectivity index (χ0v) is 16.8. The number of phenols is 1. The molecule has 1 N–H and O–H groups in total. The number of pyridine rings is 1. The van der Waals surface area contributed by atoms with E-state index in [1.54, 1.807) is 12.1 Å². The molecular weight excluding hydrogens is 367 g/mol. The van der Waals surface area contributed by atoms with Gasteiger partial charge in [-0.3, -0.25) is 4.57 Å². The summed E-state index contributed by atoms with van der Waals surface area (Å²) in [7, 11) is 6.08. The van der Waals surface area contributed by atoms with Crippen molar-refractivity contribution in [2.45, 2.75) is 19.3 Å². The highest BCUT2D eigenvalue weighted by Crippen LogP contribution is 2.48. The molecule has 0 saturated heterocycles. The minimum absolute atomic E-state index is 0.0784. The first-order valence-electron chi connectivity index (χ1n) is 10.1. The summed E-state index contributed by atoms with van der Waals surface area (Å²) >= 11 is 0. The van der Waals surface area contributed by atoms with Gasteiger partial charge >= 0.3 is 0 Å². The van der Waals surface area contributed by atoms with Crippen molar-refractivity contribution in [3.05, 3.63) is 83.9 Å². The van der Waals surface area contributed by atoms with Crippen molar-refractivity contribution in [1.29, 1.82) is 0 Å². The Hall–Kier alpha value is -3.53. The normalized spacial score (nSPS) is 14.2. The number of hydrogen-bond acceptors (Lipinski definition) is 2. The average molecular weight is 386 g/mol. The maximum absolute atomic E-state index is 10.2. The molecule has 0 bridgehead atoms. The second kappa shape index (κ2) is 5.76. The van der Waals surface area contributed by atoms with Gasteiger partial charge in [0.2, 0.25) is 0 Å². The Labute approximate surface area is 176 Å². The molecule has 0 aliphatic heterocycles. The van der Waals surface area contributed by atoms with Crippen LogP contribution >= 0.6 is 0 Å². The van der Waals surface area contributed by atoms with Crippen LogP contribution in [0, 0.1) is 0 Å². The molecule has 2 radical (unpaired) electrons. The van der Waals surface area contributed by atoms with Crippen LogP contribution in [0.4, 0.5) is 0 Å². The smallest absolute Gasteiger partial charge is 0.138 e. The van der Waals surface area contributed by atoms with Crippen molar-refractivity contribution in [3.8, 4) is 22.8 Å². The first-order valence-corrected chi connectivity index (χ1v) is 10.1. The Kier molecular flexibility index (Phi) is 3.33. The number of rotatable bonds is 1. The lowest BCUT2D eigenvalue weighted by Gasteiger charge is -2.21. The van der Waals surface area contributed by atoms with E-state index >= 15 is 0 Å². The van der Waals surface area contributed by atoms with Gasteiger partial charge in [0.1, 0.15) is 19.4 Å². The molecule has 0 unspecified atom stereocenters. The number of fused-ring (bicyclic) bond motifs is 6. The fourth-order valence-electron chi connectivity index (χ4n) is 4.94. The summed E-state index contributed by atoms with van der Waals surface area (Å²) in [4.78, 5) is 5.14. The van der Waals surface area contributed by atoms with E-state index in [9.17, 15) is 5.11 Å². The lowest BCUT2D eigenvalue weighted by molar-refractivity contribution is 0.476. The molecule has 5 aromatic rings. The second-order valence-corrected chi connectivity index (χ2v) is 8.55. The highest BCUT2D eigenvalue weighted by Gasteiger charge is 2.36. The molecule has 1 aliphatic rings. The topological polar surface area (TPSA) is 38.0 Å². The third-order valence-electron chi connectivity index (χ3n) is 6.41. The minimum Gasteiger partial charge on any atom is -0.508 e. The summed E-state index contributed by atoms with van der Waals surface area (Å²) in [5, 5.41) is 12.3. The highest BCUT2D eigenvalue weighted by molar-refractivity contribution is 6.33. The van der Waals surface area contributed by atoms with Gasteiger partial charge in [-0.2, -0.15) is 0 Å². The van der Waals surface area contributed by atoms with Crippen molar-refractivity contribution in [2.24, 2.45) is 0 Å². The molecule has 3 nitrogen and oxygen atoms in total. The molecule has 6 rings (SSSR count). The van der Waals surface area contributed by atoms with E-state index in [4.69, 9.17) is 12.8 Å². The lowest BCUT2D eigenvalue weighted by atomic mass is 9.83. The Morgan fingerprint density at radius 1 is 0.833 bits per heavy atom. The Bertz CT molecular complexity index is 1500. The van der Waals surface area contributed by atoms with Crippen LogP contribution < -0.4 is 5.46 Å². The van der Waals surface area contributed by atoms with E-state index in [0.29, 0.717) is 5.46 Å². The van der Waals surface area contributed by atoms with E-state index in [1.807, 2.05) is 24.3 Å². The number of benzene rings is 3. The Morgan fingerprint density at radius 3 is 2.53 bits per heavy atom. The quantitative estimate of drug-likeness (QED) is 0.413. The number of aromatic nitrogens is 2. The van der Waals surface area contributed by atoms with Gasteiger partial charge in [-0.15, -0.1) is 0 Å². The molecule has 3 aromatic carbocycles. The van der Waals surface area contributed by atoms with Gasteiger partial charge < -0.3 is 5.11 Å². The SMILES string of the molecule is [B]c1ccc2c(c1)c1ccc(O)cc1n2-c1ccc2c(n1)-c1ccccc1C2(C)C. The molecule has 2 aromatic heterocycles. The average Bonchev–Trinajstić information content (AvgIpc) is 3.17. The molecule has 30 heavy (non-hydrogen) atoms. The van der Waals surface area contributed by atoms with Gasteiger partial charge in [-0.1, -0.05) is 61.8 Å². The van der Waals surface area contributed by atoms with E-state index in [0.717, 1.165) is 33.3 Å². The van der Waals surface area contributed by atoms with Gasteiger partial charge in [0.25, 0.3) is 0 Å². The highest BCUT2D eigenvalue weighted by atomic mass is 16.3. The monoisotopic (exact) mass is 386 g/mol.